The molecule has 0 spiro atoms. The maximum Gasteiger partial charge on any atom is 0.341 e. The van der Waals surface area contributed by atoms with E-state index >= 15 is 0 Å². The maximum absolute atomic E-state index is 12.5. The van der Waals surface area contributed by atoms with Gasteiger partial charge in [-0.2, -0.15) is 0 Å². The second-order valence-electron chi connectivity index (χ2n) is 7.28. The summed E-state index contributed by atoms with van der Waals surface area (Å²) in [6, 6.07) is 0. The average Bonchev–Trinajstić information content (AvgIpc) is 2.96. The number of hydrogen-bond donors (Lipinski definition) is 2. The number of ether oxygens (including phenoxy) is 1. The van der Waals surface area contributed by atoms with Crippen molar-refractivity contribution in [3.8, 4) is 0 Å². The number of piperazine rings is 1. The number of esters is 1. The molecule has 29 heavy (non-hydrogen) atoms. The Balaban J connectivity index is 1.80. The number of nitrogens with zero attached hydrogens (tertiary/aromatic N) is 2. The molecule has 8 nitrogen and oxygen atoms in total. The Hall–Kier alpha value is -1.97. The molecule has 0 saturated carbocycles. The van der Waals surface area contributed by atoms with E-state index in [9.17, 15) is 14.4 Å². The summed E-state index contributed by atoms with van der Waals surface area (Å²) in [5.74, 6) is -0.529. The fourth-order valence-corrected chi connectivity index (χ4v) is 4.27. The monoisotopic (exact) mass is 424 g/mol. The highest BCUT2D eigenvalue weighted by Crippen LogP contribution is 2.32. The van der Waals surface area contributed by atoms with Gasteiger partial charge in [-0.25, -0.2) is 4.79 Å². The predicted molar refractivity (Wildman–Crippen MR) is 115 cm³/mol. The fraction of sp³-hybridized carbons (Fsp3) is 0.650. The van der Waals surface area contributed by atoms with Crippen LogP contribution in [-0.2, 0) is 14.3 Å². The summed E-state index contributed by atoms with van der Waals surface area (Å²) in [5, 5.41) is 6.34. The van der Waals surface area contributed by atoms with Gasteiger partial charge in [0.1, 0.15) is 5.00 Å². The summed E-state index contributed by atoms with van der Waals surface area (Å²) >= 11 is 1.39. The molecule has 1 saturated heterocycles. The summed E-state index contributed by atoms with van der Waals surface area (Å²) in [6.45, 7) is 10.2. The number of amides is 2. The van der Waals surface area contributed by atoms with E-state index in [1.165, 1.54) is 18.4 Å². The minimum Gasteiger partial charge on any atom is -0.465 e. The first kappa shape index (κ1) is 23.3. The molecule has 0 atom stereocenters. The van der Waals surface area contributed by atoms with E-state index in [-0.39, 0.29) is 18.4 Å². The quantitative estimate of drug-likeness (QED) is 0.462. The third-order valence-electron chi connectivity index (χ3n) is 5.08. The van der Waals surface area contributed by atoms with E-state index in [2.05, 4.69) is 27.4 Å². The molecule has 0 aromatic carbocycles. The SMILES string of the molecule is CCCCNC(=O)CN1CCN(CC(=O)Nc2sc(C)c(C)c2C(=O)OC)CC1. The van der Waals surface area contributed by atoms with Gasteiger partial charge in [0.25, 0.3) is 0 Å². The summed E-state index contributed by atoms with van der Waals surface area (Å²) in [4.78, 5) is 41.6. The topological polar surface area (TPSA) is 91.0 Å². The number of aryl methyl sites for hydroxylation is 1. The van der Waals surface area contributed by atoms with Crippen molar-refractivity contribution in [2.24, 2.45) is 0 Å². The number of anilines is 1. The second kappa shape index (κ2) is 11.3. The van der Waals surface area contributed by atoms with Crippen LogP contribution in [0, 0.1) is 13.8 Å². The number of rotatable bonds is 9. The van der Waals surface area contributed by atoms with Crippen molar-refractivity contribution in [1.29, 1.82) is 0 Å². The van der Waals surface area contributed by atoms with Crippen LogP contribution in [-0.4, -0.2) is 80.5 Å². The van der Waals surface area contributed by atoms with Gasteiger partial charge in [0.2, 0.25) is 11.8 Å². The van der Waals surface area contributed by atoms with Crippen LogP contribution in [0.3, 0.4) is 0 Å². The molecule has 162 valence electrons. The number of nitrogens with one attached hydrogen (secondary N) is 2. The third kappa shape index (κ3) is 6.80. The molecule has 1 aliphatic heterocycles. The number of carbonyl (C=O) groups is 3. The Kier molecular flexibility index (Phi) is 9.06. The van der Waals surface area contributed by atoms with Crippen molar-refractivity contribution in [2.45, 2.75) is 33.6 Å². The zero-order chi connectivity index (χ0) is 21.4. The smallest absolute Gasteiger partial charge is 0.341 e. The number of methoxy groups -OCH3 is 1. The van der Waals surface area contributed by atoms with Crippen LogP contribution in [0.15, 0.2) is 0 Å². The molecule has 0 unspecified atom stereocenters. The van der Waals surface area contributed by atoms with E-state index in [0.29, 0.717) is 17.1 Å². The molecule has 1 aromatic heterocycles. The van der Waals surface area contributed by atoms with Crippen LogP contribution in [0.5, 0.6) is 0 Å². The molecule has 2 N–H and O–H groups in total. The first-order chi connectivity index (χ1) is 13.8. The minimum atomic E-state index is -0.437. The Bertz CT molecular complexity index is 726. The summed E-state index contributed by atoms with van der Waals surface area (Å²) in [6.07, 6.45) is 2.06. The lowest BCUT2D eigenvalue weighted by molar-refractivity contribution is -0.123. The molecule has 0 aliphatic carbocycles. The lowest BCUT2D eigenvalue weighted by Gasteiger charge is -2.33. The Labute approximate surface area is 176 Å². The highest BCUT2D eigenvalue weighted by molar-refractivity contribution is 7.16. The van der Waals surface area contributed by atoms with Gasteiger partial charge in [-0.3, -0.25) is 19.4 Å². The van der Waals surface area contributed by atoms with Gasteiger partial charge >= 0.3 is 5.97 Å². The van der Waals surface area contributed by atoms with Crippen molar-refractivity contribution in [1.82, 2.24) is 15.1 Å². The Morgan fingerprint density at radius 3 is 2.17 bits per heavy atom. The van der Waals surface area contributed by atoms with Crippen LogP contribution < -0.4 is 10.6 Å². The molecule has 0 bridgehead atoms. The lowest BCUT2D eigenvalue weighted by atomic mass is 10.1. The molecular formula is C20H32N4O4S. The number of unbranched alkanes of at least 4 members (excludes halogenated alkanes) is 1. The molecule has 2 heterocycles. The molecule has 1 fully saturated rings. The van der Waals surface area contributed by atoms with Gasteiger partial charge in [-0.15, -0.1) is 11.3 Å². The molecule has 1 aromatic rings. The molecule has 9 heteroatoms. The predicted octanol–water partition coefficient (Wildman–Crippen LogP) is 1.62. The van der Waals surface area contributed by atoms with E-state index in [4.69, 9.17) is 4.74 Å². The van der Waals surface area contributed by atoms with Crippen molar-refractivity contribution < 1.29 is 19.1 Å². The largest absolute Gasteiger partial charge is 0.465 e. The fourth-order valence-electron chi connectivity index (χ4n) is 3.20. The van der Waals surface area contributed by atoms with E-state index < -0.39 is 5.97 Å². The summed E-state index contributed by atoms with van der Waals surface area (Å²) in [7, 11) is 1.34. The van der Waals surface area contributed by atoms with Crippen LogP contribution in [0.4, 0.5) is 5.00 Å². The van der Waals surface area contributed by atoms with Crippen molar-refractivity contribution >= 4 is 34.1 Å². The van der Waals surface area contributed by atoms with Gasteiger partial charge in [-0.05, 0) is 25.8 Å². The number of hydrogen-bond acceptors (Lipinski definition) is 7. The highest BCUT2D eigenvalue weighted by Gasteiger charge is 2.24. The first-order valence-electron chi connectivity index (χ1n) is 10.0. The van der Waals surface area contributed by atoms with E-state index in [1.807, 2.05) is 13.8 Å². The summed E-state index contributed by atoms with van der Waals surface area (Å²) < 4.78 is 4.84. The van der Waals surface area contributed by atoms with Gasteiger partial charge in [-0.1, -0.05) is 13.3 Å². The molecule has 2 amide bonds. The van der Waals surface area contributed by atoms with Gasteiger partial charge in [0.15, 0.2) is 0 Å². The third-order valence-corrected chi connectivity index (χ3v) is 6.20. The zero-order valence-corrected chi connectivity index (χ0v) is 18.6. The highest BCUT2D eigenvalue weighted by atomic mass is 32.1. The first-order valence-corrected chi connectivity index (χ1v) is 10.9. The minimum absolute atomic E-state index is 0.0587. The number of thiophene rings is 1. The molecule has 0 radical (unpaired) electrons. The molecule has 1 aliphatic rings. The Morgan fingerprint density at radius 1 is 1.03 bits per heavy atom. The molecular weight excluding hydrogens is 392 g/mol. The lowest BCUT2D eigenvalue weighted by Crippen LogP contribution is -2.51. The van der Waals surface area contributed by atoms with Crippen LogP contribution in [0.2, 0.25) is 0 Å². The van der Waals surface area contributed by atoms with Crippen LogP contribution in [0.1, 0.15) is 40.6 Å². The molecule has 2 rings (SSSR count). The van der Waals surface area contributed by atoms with E-state index in [0.717, 1.165) is 56.0 Å². The standard InChI is InChI=1S/C20H32N4O4S/c1-5-6-7-21-16(25)12-23-8-10-24(11-9-23)13-17(26)22-19-18(20(27)28-4)14(2)15(3)29-19/h5-13H2,1-4H3,(H,21,25)(H,22,26). The normalized spacial score (nSPS) is 15.2. The van der Waals surface area contributed by atoms with Gasteiger partial charge < -0.3 is 15.4 Å². The van der Waals surface area contributed by atoms with E-state index in [1.54, 1.807) is 0 Å². The average molecular weight is 425 g/mol. The van der Waals surface area contributed by atoms with Crippen molar-refractivity contribution in [3.05, 3.63) is 16.0 Å². The summed E-state index contributed by atoms with van der Waals surface area (Å²) in [5.41, 5.74) is 1.27. The second-order valence-corrected chi connectivity index (χ2v) is 8.51. The maximum atomic E-state index is 12.5. The Morgan fingerprint density at radius 2 is 1.62 bits per heavy atom. The van der Waals surface area contributed by atoms with Crippen molar-refractivity contribution in [3.63, 3.8) is 0 Å². The number of carbonyl (C=O) groups excluding carboxylic acids is 3. The van der Waals surface area contributed by atoms with Crippen LogP contribution >= 0.6 is 11.3 Å². The zero-order valence-electron chi connectivity index (χ0n) is 17.8. The van der Waals surface area contributed by atoms with Crippen molar-refractivity contribution in [2.75, 3.05) is 58.2 Å². The van der Waals surface area contributed by atoms with Crippen LogP contribution in [0.25, 0.3) is 0 Å². The van der Waals surface area contributed by atoms with Gasteiger partial charge in [0.05, 0.1) is 25.8 Å². The van der Waals surface area contributed by atoms with Gasteiger partial charge in [0, 0.05) is 37.6 Å².